The van der Waals surface area contributed by atoms with Crippen LogP contribution in [-0.2, 0) is 6.42 Å². The van der Waals surface area contributed by atoms with Gasteiger partial charge >= 0.3 is 0 Å². The molecule has 3 nitrogen and oxygen atoms in total. The van der Waals surface area contributed by atoms with Crippen LogP contribution in [0.15, 0.2) is 47.2 Å². The summed E-state index contributed by atoms with van der Waals surface area (Å²) in [5.74, 6) is 0.663. The van der Waals surface area contributed by atoms with Crippen LogP contribution in [0.2, 0.25) is 0 Å². The standard InChI is InChI=1S/C16H16BrNO2/c1-11(2)20-15-8-13(9-18-10-15)16(19)7-12-3-5-14(17)6-4-12/h3-6,8-11H,7H2,1-2H3. The summed E-state index contributed by atoms with van der Waals surface area (Å²) < 4.78 is 6.55. The summed E-state index contributed by atoms with van der Waals surface area (Å²) in [6.07, 6.45) is 3.62. The first-order valence-corrected chi connectivity index (χ1v) is 7.23. The largest absolute Gasteiger partial charge is 0.489 e. The van der Waals surface area contributed by atoms with E-state index in [2.05, 4.69) is 20.9 Å². The van der Waals surface area contributed by atoms with E-state index in [1.165, 1.54) is 0 Å². The number of ketones is 1. The number of hydrogen-bond acceptors (Lipinski definition) is 3. The minimum absolute atomic E-state index is 0.0361. The number of pyridine rings is 1. The van der Waals surface area contributed by atoms with Gasteiger partial charge in [0.05, 0.1) is 12.3 Å². The first-order valence-electron chi connectivity index (χ1n) is 6.44. The SMILES string of the molecule is CC(C)Oc1cncc(C(=O)Cc2ccc(Br)cc2)c1. The minimum Gasteiger partial charge on any atom is -0.489 e. The van der Waals surface area contributed by atoms with Crippen LogP contribution in [0.5, 0.6) is 5.75 Å². The molecule has 0 atom stereocenters. The predicted octanol–water partition coefficient (Wildman–Crippen LogP) is 4.06. The molecule has 0 spiro atoms. The highest BCUT2D eigenvalue weighted by molar-refractivity contribution is 9.10. The van der Waals surface area contributed by atoms with Gasteiger partial charge in [-0.05, 0) is 37.6 Å². The van der Waals surface area contributed by atoms with Crippen molar-refractivity contribution in [1.29, 1.82) is 0 Å². The molecule has 0 aliphatic rings. The van der Waals surface area contributed by atoms with E-state index in [9.17, 15) is 4.79 Å². The Hall–Kier alpha value is -1.68. The van der Waals surface area contributed by atoms with Gasteiger partial charge in [-0.2, -0.15) is 0 Å². The Morgan fingerprint density at radius 1 is 1.25 bits per heavy atom. The molecule has 1 heterocycles. The summed E-state index contributed by atoms with van der Waals surface area (Å²) in [7, 11) is 0. The van der Waals surface area contributed by atoms with E-state index in [0.29, 0.717) is 17.7 Å². The number of ether oxygens (including phenoxy) is 1. The van der Waals surface area contributed by atoms with Crippen molar-refractivity contribution in [2.75, 3.05) is 0 Å². The summed E-state index contributed by atoms with van der Waals surface area (Å²) in [6, 6.07) is 9.47. The summed E-state index contributed by atoms with van der Waals surface area (Å²) in [6.45, 7) is 3.88. The smallest absolute Gasteiger partial charge is 0.168 e. The van der Waals surface area contributed by atoms with E-state index in [-0.39, 0.29) is 11.9 Å². The number of Topliss-reactive ketones (excluding diaryl/α,β-unsaturated/α-hetero) is 1. The molecule has 1 aromatic carbocycles. The number of rotatable bonds is 5. The normalized spacial score (nSPS) is 10.6. The van der Waals surface area contributed by atoms with Gasteiger partial charge in [-0.15, -0.1) is 0 Å². The Labute approximate surface area is 127 Å². The lowest BCUT2D eigenvalue weighted by molar-refractivity contribution is 0.0992. The van der Waals surface area contributed by atoms with Crippen LogP contribution in [0.4, 0.5) is 0 Å². The average molecular weight is 334 g/mol. The van der Waals surface area contributed by atoms with Gasteiger partial charge < -0.3 is 4.74 Å². The predicted molar refractivity (Wildman–Crippen MR) is 82.2 cm³/mol. The molecular formula is C16H16BrNO2. The molecule has 4 heteroatoms. The molecule has 20 heavy (non-hydrogen) atoms. The monoisotopic (exact) mass is 333 g/mol. The Balaban J connectivity index is 2.10. The van der Waals surface area contributed by atoms with Crippen molar-refractivity contribution in [2.45, 2.75) is 26.4 Å². The highest BCUT2D eigenvalue weighted by Crippen LogP contribution is 2.16. The fourth-order valence-corrected chi connectivity index (χ4v) is 2.06. The molecule has 0 saturated heterocycles. The first-order chi connectivity index (χ1) is 9.54. The number of benzene rings is 1. The van der Waals surface area contributed by atoms with Crippen molar-refractivity contribution in [1.82, 2.24) is 4.98 Å². The molecule has 0 radical (unpaired) electrons. The van der Waals surface area contributed by atoms with Crippen molar-refractivity contribution in [3.63, 3.8) is 0 Å². The fraction of sp³-hybridized carbons (Fsp3) is 0.250. The summed E-state index contributed by atoms with van der Waals surface area (Å²) in [5, 5.41) is 0. The average Bonchev–Trinajstić information content (AvgIpc) is 2.41. The lowest BCUT2D eigenvalue weighted by Crippen LogP contribution is -2.08. The quantitative estimate of drug-likeness (QED) is 0.774. The first kappa shape index (κ1) is 14.7. The third-order valence-corrected chi connectivity index (χ3v) is 3.21. The van der Waals surface area contributed by atoms with Crippen molar-refractivity contribution in [2.24, 2.45) is 0 Å². The van der Waals surface area contributed by atoms with Crippen LogP contribution >= 0.6 is 15.9 Å². The molecular weight excluding hydrogens is 318 g/mol. The zero-order valence-corrected chi connectivity index (χ0v) is 13.1. The Kier molecular flexibility index (Phi) is 4.90. The molecule has 0 amide bonds. The van der Waals surface area contributed by atoms with Crippen molar-refractivity contribution >= 4 is 21.7 Å². The third kappa shape index (κ3) is 4.17. The van der Waals surface area contributed by atoms with E-state index in [1.54, 1.807) is 18.5 Å². The van der Waals surface area contributed by atoms with Crippen LogP contribution in [0.25, 0.3) is 0 Å². The van der Waals surface area contributed by atoms with Gasteiger partial charge in [0.15, 0.2) is 5.78 Å². The molecule has 0 saturated carbocycles. The summed E-state index contributed by atoms with van der Waals surface area (Å²) >= 11 is 3.38. The molecule has 0 aliphatic carbocycles. The zero-order chi connectivity index (χ0) is 14.5. The van der Waals surface area contributed by atoms with Gasteiger partial charge in [0.2, 0.25) is 0 Å². The molecule has 0 unspecified atom stereocenters. The molecule has 0 bridgehead atoms. The molecule has 0 fully saturated rings. The van der Waals surface area contributed by atoms with Gasteiger partial charge in [-0.3, -0.25) is 9.78 Å². The number of carbonyl (C=O) groups excluding carboxylic acids is 1. The third-order valence-electron chi connectivity index (χ3n) is 2.68. The van der Waals surface area contributed by atoms with Gasteiger partial charge in [0.25, 0.3) is 0 Å². The molecule has 2 aromatic rings. The van der Waals surface area contributed by atoms with E-state index in [1.807, 2.05) is 38.1 Å². The van der Waals surface area contributed by atoms with Crippen LogP contribution in [0.3, 0.4) is 0 Å². The van der Waals surface area contributed by atoms with Gasteiger partial charge in [-0.1, -0.05) is 28.1 Å². The minimum atomic E-state index is 0.0361. The maximum atomic E-state index is 12.2. The van der Waals surface area contributed by atoms with E-state index >= 15 is 0 Å². The van der Waals surface area contributed by atoms with Crippen molar-refractivity contribution in [3.8, 4) is 5.75 Å². The van der Waals surface area contributed by atoms with Crippen LogP contribution in [0.1, 0.15) is 29.8 Å². The second-order valence-corrected chi connectivity index (χ2v) is 5.72. The maximum Gasteiger partial charge on any atom is 0.168 e. The summed E-state index contributed by atoms with van der Waals surface area (Å²) in [5.41, 5.74) is 1.56. The molecule has 1 aromatic heterocycles. The topological polar surface area (TPSA) is 39.2 Å². The van der Waals surface area contributed by atoms with Crippen molar-refractivity contribution in [3.05, 3.63) is 58.3 Å². The highest BCUT2D eigenvalue weighted by atomic mass is 79.9. The van der Waals surface area contributed by atoms with Crippen LogP contribution in [-0.4, -0.2) is 16.9 Å². The van der Waals surface area contributed by atoms with E-state index in [0.717, 1.165) is 10.0 Å². The number of aromatic nitrogens is 1. The van der Waals surface area contributed by atoms with Crippen molar-refractivity contribution < 1.29 is 9.53 Å². The zero-order valence-electron chi connectivity index (χ0n) is 11.5. The number of carbonyl (C=O) groups is 1. The highest BCUT2D eigenvalue weighted by Gasteiger charge is 2.09. The fourth-order valence-electron chi connectivity index (χ4n) is 1.80. The number of hydrogen-bond donors (Lipinski definition) is 0. The van der Waals surface area contributed by atoms with Gasteiger partial charge in [0, 0.05) is 22.7 Å². The number of nitrogens with zero attached hydrogens (tertiary/aromatic N) is 1. The molecule has 0 aliphatic heterocycles. The second-order valence-electron chi connectivity index (χ2n) is 4.80. The molecule has 2 rings (SSSR count). The summed E-state index contributed by atoms with van der Waals surface area (Å²) in [4.78, 5) is 16.3. The second kappa shape index (κ2) is 6.66. The molecule has 0 N–H and O–H groups in total. The maximum absolute atomic E-state index is 12.2. The van der Waals surface area contributed by atoms with Gasteiger partial charge in [0.1, 0.15) is 5.75 Å². The Morgan fingerprint density at radius 3 is 2.60 bits per heavy atom. The van der Waals surface area contributed by atoms with E-state index < -0.39 is 0 Å². The van der Waals surface area contributed by atoms with Crippen LogP contribution < -0.4 is 4.74 Å². The number of halogens is 1. The lowest BCUT2D eigenvalue weighted by Gasteiger charge is -2.10. The van der Waals surface area contributed by atoms with Crippen LogP contribution in [0, 0.1) is 0 Å². The van der Waals surface area contributed by atoms with E-state index in [4.69, 9.17) is 4.74 Å². The molecule has 104 valence electrons. The lowest BCUT2D eigenvalue weighted by atomic mass is 10.0. The Morgan fingerprint density at radius 2 is 1.95 bits per heavy atom. The van der Waals surface area contributed by atoms with Gasteiger partial charge in [-0.25, -0.2) is 0 Å². The Bertz CT molecular complexity index is 594.